The van der Waals surface area contributed by atoms with Crippen molar-refractivity contribution in [2.45, 2.75) is 20.8 Å². The van der Waals surface area contributed by atoms with Gasteiger partial charge in [0.2, 0.25) is 0 Å². The number of hydrogen-bond acceptors (Lipinski definition) is 3. The molecule has 1 aromatic heterocycles. The molecule has 0 radical (unpaired) electrons. The maximum Gasteiger partial charge on any atom is 0.267 e. The van der Waals surface area contributed by atoms with Gasteiger partial charge in [-0.15, -0.1) is 0 Å². The van der Waals surface area contributed by atoms with Gasteiger partial charge < -0.3 is 9.94 Å². The first-order valence-electron chi connectivity index (χ1n) is 3.28. The van der Waals surface area contributed by atoms with Crippen molar-refractivity contribution in [2.24, 2.45) is 0 Å². The molecule has 1 heterocycles. The molecule has 1 aromatic rings. The molecule has 0 N–H and O–H groups in total. The van der Waals surface area contributed by atoms with Crippen LogP contribution in [0.2, 0.25) is 0 Å². The summed E-state index contributed by atoms with van der Waals surface area (Å²) in [5, 5.41) is 11.0. The molecule has 0 saturated heterocycles. The Hall–Kier alpha value is -1.32. The third kappa shape index (κ3) is 1.11. The van der Waals surface area contributed by atoms with Gasteiger partial charge in [-0.05, 0) is 20.8 Å². The van der Waals surface area contributed by atoms with Gasteiger partial charge in [0.1, 0.15) is 5.69 Å². The topological polar surface area (TPSA) is 58.0 Å². The summed E-state index contributed by atoms with van der Waals surface area (Å²) < 4.78 is 0.373. The van der Waals surface area contributed by atoms with E-state index in [2.05, 4.69) is 4.98 Å². The van der Waals surface area contributed by atoms with Gasteiger partial charge in [-0.3, -0.25) is 9.78 Å². The van der Waals surface area contributed by atoms with Gasteiger partial charge in [0.15, 0.2) is 0 Å². The van der Waals surface area contributed by atoms with Crippen LogP contribution in [0.1, 0.15) is 17.1 Å². The minimum Gasteiger partial charge on any atom is -0.803 e. The van der Waals surface area contributed by atoms with E-state index in [0.29, 0.717) is 16.1 Å². The van der Waals surface area contributed by atoms with Gasteiger partial charge in [0.05, 0.1) is 5.69 Å². The summed E-state index contributed by atoms with van der Waals surface area (Å²) in [5.74, 6) is 0. The van der Waals surface area contributed by atoms with E-state index >= 15 is 0 Å². The highest BCUT2D eigenvalue weighted by molar-refractivity contribution is 5.13. The van der Waals surface area contributed by atoms with Crippen molar-refractivity contribution in [1.82, 2.24) is 9.71 Å². The van der Waals surface area contributed by atoms with E-state index < -0.39 is 5.56 Å². The monoisotopic (exact) mass is 153 g/mol. The molecule has 0 bridgehead atoms. The second-order valence-corrected chi connectivity index (χ2v) is 2.47. The summed E-state index contributed by atoms with van der Waals surface area (Å²) >= 11 is 0. The molecule has 0 aliphatic rings. The zero-order chi connectivity index (χ0) is 8.59. The molecule has 4 heteroatoms. The maximum atomic E-state index is 11.0. The quantitative estimate of drug-likeness (QED) is 0.545. The highest BCUT2D eigenvalue weighted by Gasteiger charge is 2.00. The fourth-order valence-electron chi connectivity index (χ4n) is 0.827. The summed E-state index contributed by atoms with van der Waals surface area (Å²) in [7, 11) is 0. The van der Waals surface area contributed by atoms with E-state index in [9.17, 15) is 10.0 Å². The van der Waals surface area contributed by atoms with Crippen LogP contribution in [0.5, 0.6) is 0 Å². The van der Waals surface area contributed by atoms with E-state index in [1.165, 1.54) is 6.92 Å². The Morgan fingerprint density at radius 1 is 1.27 bits per heavy atom. The Bertz CT molecular complexity index is 341. The van der Waals surface area contributed by atoms with E-state index in [4.69, 9.17) is 0 Å². The van der Waals surface area contributed by atoms with Crippen LogP contribution in [0.25, 0.3) is 0 Å². The van der Waals surface area contributed by atoms with Crippen molar-refractivity contribution in [3.05, 3.63) is 32.6 Å². The van der Waals surface area contributed by atoms with E-state index in [1.54, 1.807) is 13.8 Å². The average molecular weight is 153 g/mol. The number of aromatic nitrogens is 2. The summed E-state index contributed by atoms with van der Waals surface area (Å²) in [6.07, 6.45) is 0. The first kappa shape index (κ1) is 7.78. The molecular weight excluding hydrogens is 144 g/mol. The maximum absolute atomic E-state index is 11.0. The van der Waals surface area contributed by atoms with Crippen molar-refractivity contribution >= 4 is 0 Å². The second kappa shape index (κ2) is 2.38. The molecular formula is C7H9N2O2-. The van der Waals surface area contributed by atoms with Crippen molar-refractivity contribution in [2.75, 3.05) is 0 Å². The van der Waals surface area contributed by atoms with Crippen molar-refractivity contribution < 1.29 is 0 Å². The molecule has 0 aliphatic carbocycles. The molecule has 0 aromatic carbocycles. The second-order valence-electron chi connectivity index (χ2n) is 2.47. The first-order valence-corrected chi connectivity index (χ1v) is 3.28. The first-order chi connectivity index (χ1) is 5.04. The molecule has 0 saturated carbocycles. The Balaban J connectivity index is 3.59. The lowest BCUT2D eigenvalue weighted by atomic mass is 10.3. The van der Waals surface area contributed by atoms with Gasteiger partial charge in [-0.1, -0.05) is 0 Å². The Kier molecular flexibility index (Phi) is 1.68. The van der Waals surface area contributed by atoms with E-state index in [1.807, 2.05) is 0 Å². The third-order valence-corrected chi connectivity index (χ3v) is 1.66. The zero-order valence-electron chi connectivity index (χ0n) is 6.71. The normalized spacial score (nSPS) is 10.1. The van der Waals surface area contributed by atoms with Gasteiger partial charge in [-0.2, -0.15) is 0 Å². The van der Waals surface area contributed by atoms with Crippen LogP contribution in [-0.4, -0.2) is 9.71 Å². The predicted octanol–water partition coefficient (Wildman–Crippen LogP) is 0.514. The van der Waals surface area contributed by atoms with Crippen LogP contribution < -0.4 is 5.56 Å². The smallest absolute Gasteiger partial charge is 0.267 e. The van der Waals surface area contributed by atoms with Crippen molar-refractivity contribution in [3.63, 3.8) is 0 Å². The Labute approximate surface area is 64.1 Å². The van der Waals surface area contributed by atoms with Gasteiger partial charge in [0.25, 0.3) is 5.56 Å². The van der Waals surface area contributed by atoms with Crippen LogP contribution in [0.3, 0.4) is 0 Å². The fraction of sp³-hybridized carbons (Fsp3) is 0.429. The van der Waals surface area contributed by atoms with Crippen molar-refractivity contribution in [3.8, 4) is 0 Å². The van der Waals surface area contributed by atoms with E-state index in [0.717, 1.165) is 0 Å². The largest absolute Gasteiger partial charge is 0.803 e. The molecule has 0 fully saturated rings. The zero-order valence-corrected chi connectivity index (χ0v) is 6.71. The molecule has 0 amide bonds. The summed E-state index contributed by atoms with van der Waals surface area (Å²) in [4.78, 5) is 14.8. The van der Waals surface area contributed by atoms with Crippen LogP contribution in [0.4, 0.5) is 0 Å². The third-order valence-electron chi connectivity index (χ3n) is 1.66. The number of aryl methyl sites for hydroxylation is 2. The lowest BCUT2D eigenvalue weighted by Crippen LogP contribution is -2.23. The molecule has 1 rings (SSSR count). The SMILES string of the molecule is Cc1nc(C)c(=O)n([O-])c1C. The van der Waals surface area contributed by atoms with Gasteiger partial charge in [-0.25, -0.2) is 0 Å². The van der Waals surface area contributed by atoms with Crippen LogP contribution in [0, 0.1) is 26.0 Å². The summed E-state index contributed by atoms with van der Waals surface area (Å²) in [6, 6.07) is 0. The van der Waals surface area contributed by atoms with Gasteiger partial charge >= 0.3 is 0 Å². The summed E-state index contributed by atoms with van der Waals surface area (Å²) in [6.45, 7) is 4.81. The minimum atomic E-state index is -0.562. The molecule has 11 heavy (non-hydrogen) atoms. The highest BCUT2D eigenvalue weighted by Crippen LogP contribution is 1.98. The lowest BCUT2D eigenvalue weighted by molar-refractivity contribution is 0.857. The van der Waals surface area contributed by atoms with Crippen LogP contribution in [-0.2, 0) is 0 Å². The van der Waals surface area contributed by atoms with E-state index in [-0.39, 0.29) is 5.69 Å². The predicted molar refractivity (Wildman–Crippen MR) is 41.5 cm³/mol. The number of rotatable bonds is 0. The average Bonchev–Trinajstić information content (AvgIpc) is 1.97. The molecule has 0 atom stereocenters. The van der Waals surface area contributed by atoms with Crippen molar-refractivity contribution in [1.29, 1.82) is 0 Å². The Morgan fingerprint density at radius 2 is 1.82 bits per heavy atom. The minimum absolute atomic E-state index is 0.253. The van der Waals surface area contributed by atoms with Crippen LogP contribution >= 0.6 is 0 Å². The van der Waals surface area contributed by atoms with Crippen LogP contribution in [0.15, 0.2) is 4.79 Å². The molecule has 0 unspecified atom stereocenters. The fourth-order valence-corrected chi connectivity index (χ4v) is 0.827. The summed E-state index contributed by atoms with van der Waals surface area (Å²) in [5.41, 5.74) is 0.675. The Morgan fingerprint density at radius 3 is 2.36 bits per heavy atom. The standard InChI is InChI=1S/C7H9N2O2/c1-4-6(3)9(11)7(10)5(2)8-4/h1-3H3/q-1. The highest BCUT2D eigenvalue weighted by atomic mass is 16.5. The lowest BCUT2D eigenvalue weighted by Gasteiger charge is -2.15. The molecule has 0 aliphatic heterocycles. The molecule has 4 nitrogen and oxygen atoms in total. The number of nitrogens with zero attached hydrogens (tertiary/aromatic N) is 2. The molecule has 60 valence electrons. The number of hydrogen-bond donors (Lipinski definition) is 0. The van der Waals surface area contributed by atoms with Gasteiger partial charge in [0, 0.05) is 5.69 Å². The molecule has 0 spiro atoms.